The van der Waals surface area contributed by atoms with Crippen LogP contribution in [0.15, 0.2) is 30.3 Å². The highest BCUT2D eigenvalue weighted by Gasteiger charge is 2.25. The van der Waals surface area contributed by atoms with E-state index in [9.17, 15) is 9.59 Å². The first-order valence-electron chi connectivity index (χ1n) is 6.39. The van der Waals surface area contributed by atoms with E-state index in [0.29, 0.717) is 5.69 Å². The molecule has 104 valence electrons. The Hall–Kier alpha value is -2.43. The minimum Gasteiger partial charge on any atom is -0.462 e. The number of ketones is 1. The SMILES string of the molecule is CCOC(=O)c1c(C(C)=O)nn(-c2ccccc2)c1C. The van der Waals surface area contributed by atoms with Crippen LogP contribution in [0.3, 0.4) is 0 Å². The molecule has 0 fully saturated rings. The van der Waals surface area contributed by atoms with Gasteiger partial charge in [-0.3, -0.25) is 4.79 Å². The standard InChI is InChI=1S/C15H16N2O3/c1-4-20-15(19)13-10(2)17(16-14(13)11(3)18)12-8-6-5-7-9-12/h5-9H,4H2,1-3H3. The van der Waals surface area contributed by atoms with E-state index < -0.39 is 5.97 Å². The van der Waals surface area contributed by atoms with E-state index in [1.165, 1.54) is 6.92 Å². The summed E-state index contributed by atoms with van der Waals surface area (Å²) in [5.74, 6) is -0.775. The number of esters is 1. The van der Waals surface area contributed by atoms with Crippen LogP contribution >= 0.6 is 0 Å². The van der Waals surface area contributed by atoms with Crippen molar-refractivity contribution in [1.82, 2.24) is 9.78 Å². The Balaban J connectivity index is 2.60. The molecule has 0 saturated carbocycles. The molecule has 1 aromatic carbocycles. The number of benzene rings is 1. The lowest BCUT2D eigenvalue weighted by Crippen LogP contribution is -2.10. The maximum absolute atomic E-state index is 12.0. The largest absolute Gasteiger partial charge is 0.462 e. The van der Waals surface area contributed by atoms with Gasteiger partial charge in [-0.05, 0) is 26.0 Å². The van der Waals surface area contributed by atoms with Crippen LogP contribution in [0, 0.1) is 6.92 Å². The van der Waals surface area contributed by atoms with Gasteiger partial charge in [0.2, 0.25) is 0 Å². The molecule has 5 nitrogen and oxygen atoms in total. The smallest absolute Gasteiger partial charge is 0.342 e. The molecule has 0 saturated heterocycles. The second-order valence-corrected chi connectivity index (χ2v) is 4.33. The number of carbonyl (C=O) groups excluding carboxylic acids is 2. The molecule has 0 aliphatic heterocycles. The lowest BCUT2D eigenvalue weighted by atomic mass is 10.1. The zero-order valence-corrected chi connectivity index (χ0v) is 11.7. The molecule has 1 heterocycles. The predicted octanol–water partition coefficient (Wildman–Crippen LogP) is 2.56. The number of para-hydroxylation sites is 1. The first-order chi connectivity index (χ1) is 9.56. The number of rotatable bonds is 4. The highest BCUT2D eigenvalue weighted by atomic mass is 16.5. The molecule has 5 heteroatoms. The van der Waals surface area contributed by atoms with Crippen molar-refractivity contribution in [3.8, 4) is 5.69 Å². The fourth-order valence-electron chi connectivity index (χ4n) is 2.02. The van der Waals surface area contributed by atoms with Crippen molar-refractivity contribution < 1.29 is 14.3 Å². The second-order valence-electron chi connectivity index (χ2n) is 4.33. The molecular formula is C15H16N2O3. The van der Waals surface area contributed by atoms with Crippen LogP contribution in [-0.2, 0) is 4.74 Å². The summed E-state index contributed by atoms with van der Waals surface area (Å²) in [6, 6.07) is 9.35. The van der Waals surface area contributed by atoms with Gasteiger partial charge in [-0.15, -0.1) is 0 Å². The predicted molar refractivity (Wildman–Crippen MR) is 74.3 cm³/mol. The summed E-state index contributed by atoms with van der Waals surface area (Å²) in [4.78, 5) is 23.7. The fraction of sp³-hybridized carbons (Fsp3) is 0.267. The van der Waals surface area contributed by atoms with Crippen LogP contribution in [0.25, 0.3) is 5.69 Å². The molecule has 0 N–H and O–H groups in total. The first kappa shape index (κ1) is 14.0. The normalized spacial score (nSPS) is 10.3. The third-order valence-corrected chi connectivity index (χ3v) is 2.93. The summed E-state index contributed by atoms with van der Waals surface area (Å²) in [6.45, 7) is 5.12. The average molecular weight is 272 g/mol. The Morgan fingerprint density at radius 3 is 2.45 bits per heavy atom. The topological polar surface area (TPSA) is 61.2 Å². The van der Waals surface area contributed by atoms with Gasteiger partial charge in [0, 0.05) is 6.92 Å². The fourth-order valence-corrected chi connectivity index (χ4v) is 2.02. The molecule has 2 aromatic rings. The van der Waals surface area contributed by atoms with Crippen molar-refractivity contribution in [2.75, 3.05) is 6.61 Å². The quantitative estimate of drug-likeness (QED) is 0.634. The van der Waals surface area contributed by atoms with Gasteiger partial charge in [0.25, 0.3) is 0 Å². The van der Waals surface area contributed by atoms with Crippen molar-refractivity contribution in [3.05, 3.63) is 47.3 Å². The van der Waals surface area contributed by atoms with E-state index in [4.69, 9.17) is 4.74 Å². The monoisotopic (exact) mass is 272 g/mol. The number of ether oxygens (including phenoxy) is 1. The lowest BCUT2D eigenvalue weighted by Gasteiger charge is -2.04. The molecule has 0 bridgehead atoms. The maximum Gasteiger partial charge on any atom is 0.342 e. The third-order valence-electron chi connectivity index (χ3n) is 2.93. The van der Waals surface area contributed by atoms with E-state index in [-0.39, 0.29) is 23.6 Å². The van der Waals surface area contributed by atoms with Gasteiger partial charge in [-0.2, -0.15) is 5.10 Å². The van der Waals surface area contributed by atoms with Crippen LogP contribution in [0.4, 0.5) is 0 Å². The Bertz CT molecular complexity index is 645. The van der Waals surface area contributed by atoms with E-state index in [1.807, 2.05) is 30.3 Å². The summed E-state index contributed by atoms with van der Waals surface area (Å²) in [5, 5.41) is 4.25. The van der Waals surface area contributed by atoms with Gasteiger partial charge in [0.1, 0.15) is 11.3 Å². The number of hydrogen-bond acceptors (Lipinski definition) is 4. The molecule has 0 atom stereocenters. The zero-order valence-electron chi connectivity index (χ0n) is 11.7. The number of aromatic nitrogens is 2. The van der Waals surface area contributed by atoms with E-state index in [2.05, 4.69) is 5.10 Å². The molecule has 0 spiro atoms. The van der Waals surface area contributed by atoms with Crippen LogP contribution in [-0.4, -0.2) is 28.1 Å². The molecule has 0 aliphatic rings. The van der Waals surface area contributed by atoms with Gasteiger partial charge in [-0.25, -0.2) is 9.48 Å². The van der Waals surface area contributed by atoms with Crippen LogP contribution in [0.1, 0.15) is 40.4 Å². The van der Waals surface area contributed by atoms with Gasteiger partial charge in [0.05, 0.1) is 18.0 Å². The number of Topliss-reactive ketones (excluding diaryl/α,β-unsaturated/α-hetero) is 1. The van der Waals surface area contributed by atoms with Gasteiger partial charge in [0.15, 0.2) is 5.78 Å². The molecule has 0 radical (unpaired) electrons. The number of carbonyl (C=O) groups is 2. The Labute approximate surface area is 117 Å². The minimum atomic E-state index is -0.516. The van der Waals surface area contributed by atoms with Crippen molar-refractivity contribution in [1.29, 1.82) is 0 Å². The Morgan fingerprint density at radius 2 is 1.90 bits per heavy atom. The van der Waals surface area contributed by atoms with E-state index in [0.717, 1.165) is 5.69 Å². The van der Waals surface area contributed by atoms with Gasteiger partial charge < -0.3 is 4.74 Å². The highest BCUT2D eigenvalue weighted by Crippen LogP contribution is 2.19. The van der Waals surface area contributed by atoms with Crippen LogP contribution < -0.4 is 0 Å². The van der Waals surface area contributed by atoms with E-state index >= 15 is 0 Å². The molecule has 0 aliphatic carbocycles. The number of nitrogens with zero attached hydrogens (tertiary/aromatic N) is 2. The lowest BCUT2D eigenvalue weighted by molar-refractivity contribution is 0.0522. The maximum atomic E-state index is 12.0. The Morgan fingerprint density at radius 1 is 1.25 bits per heavy atom. The minimum absolute atomic E-state index is 0.143. The second kappa shape index (κ2) is 5.69. The highest BCUT2D eigenvalue weighted by molar-refractivity contribution is 6.04. The average Bonchev–Trinajstić information content (AvgIpc) is 2.78. The summed E-state index contributed by atoms with van der Waals surface area (Å²) in [6.07, 6.45) is 0. The molecule has 1 aromatic heterocycles. The van der Waals surface area contributed by atoms with E-state index in [1.54, 1.807) is 18.5 Å². The van der Waals surface area contributed by atoms with Crippen molar-refractivity contribution in [3.63, 3.8) is 0 Å². The summed E-state index contributed by atoms with van der Waals surface area (Å²) >= 11 is 0. The summed E-state index contributed by atoms with van der Waals surface area (Å²) < 4.78 is 6.59. The van der Waals surface area contributed by atoms with Crippen molar-refractivity contribution in [2.45, 2.75) is 20.8 Å². The molecule has 0 amide bonds. The molecule has 2 rings (SSSR count). The zero-order chi connectivity index (χ0) is 14.7. The van der Waals surface area contributed by atoms with Gasteiger partial charge in [-0.1, -0.05) is 18.2 Å². The molecule has 20 heavy (non-hydrogen) atoms. The molecule has 0 unspecified atom stereocenters. The molecular weight excluding hydrogens is 256 g/mol. The Kier molecular flexibility index (Phi) is 3.98. The number of hydrogen-bond donors (Lipinski definition) is 0. The van der Waals surface area contributed by atoms with Crippen molar-refractivity contribution >= 4 is 11.8 Å². The van der Waals surface area contributed by atoms with Crippen molar-refractivity contribution in [2.24, 2.45) is 0 Å². The third kappa shape index (κ3) is 2.47. The van der Waals surface area contributed by atoms with Crippen LogP contribution in [0.5, 0.6) is 0 Å². The van der Waals surface area contributed by atoms with Crippen LogP contribution in [0.2, 0.25) is 0 Å². The summed E-state index contributed by atoms with van der Waals surface area (Å²) in [7, 11) is 0. The van der Waals surface area contributed by atoms with Gasteiger partial charge >= 0.3 is 5.97 Å². The summed E-state index contributed by atoms with van der Waals surface area (Å²) in [5.41, 5.74) is 1.77. The first-order valence-corrected chi connectivity index (χ1v) is 6.39.